The molecule has 0 spiro atoms. The van der Waals surface area contributed by atoms with Crippen LogP contribution in [0, 0.1) is 0 Å². The van der Waals surface area contributed by atoms with E-state index >= 15 is 0 Å². The summed E-state index contributed by atoms with van der Waals surface area (Å²) in [5, 5.41) is 0. The molecule has 30 heavy (non-hydrogen) atoms. The van der Waals surface area contributed by atoms with Gasteiger partial charge < -0.3 is 14.4 Å². The van der Waals surface area contributed by atoms with E-state index in [2.05, 4.69) is 11.8 Å². The summed E-state index contributed by atoms with van der Waals surface area (Å²) >= 11 is 0. The number of nitrogens with zero attached hydrogens (tertiary/aromatic N) is 1. The van der Waals surface area contributed by atoms with Gasteiger partial charge in [-0.25, -0.2) is 0 Å². The summed E-state index contributed by atoms with van der Waals surface area (Å²) in [5.41, 5.74) is 2.77. The van der Waals surface area contributed by atoms with E-state index in [9.17, 15) is 4.79 Å². The van der Waals surface area contributed by atoms with E-state index in [0.29, 0.717) is 0 Å². The first-order chi connectivity index (χ1) is 14.5. The van der Waals surface area contributed by atoms with Gasteiger partial charge in [0, 0.05) is 6.04 Å². The van der Waals surface area contributed by atoms with Crippen molar-refractivity contribution in [2.75, 3.05) is 21.2 Å². The summed E-state index contributed by atoms with van der Waals surface area (Å²) in [5.74, 6) is 0.0252. The van der Waals surface area contributed by atoms with E-state index in [0.717, 1.165) is 22.4 Å². The van der Waals surface area contributed by atoms with Crippen LogP contribution in [-0.4, -0.2) is 38.1 Å². The van der Waals surface area contributed by atoms with E-state index < -0.39 is 12.0 Å². The van der Waals surface area contributed by atoms with Gasteiger partial charge in [0.25, 0.3) is 0 Å². The van der Waals surface area contributed by atoms with Gasteiger partial charge in [-0.2, -0.15) is 0 Å². The fourth-order valence-electron chi connectivity index (χ4n) is 3.46. The molecule has 0 aliphatic carbocycles. The highest BCUT2D eigenvalue weighted by atomic mass is 16.5. The van der Waals surface area contributed by atoms with Gasteiger partial charge in [-0.15, -0.1) is 0 Å². The summed E-state index contributed by atoms with van der Waals surface area (Å²) in [6.45, 7) is 2.06. The number of hydrogen-bond donors (Lipinski definition) is 0. The SMILES string of the molecule is COc1ccc([C@H](OC(=O)C(c2ccccc2)c2ccccc2)[C@H](C)N(C)C)cc1. The fourth-order valence-corrected chi connectivity index (χ4v) is 3.46. The fraction of sp³-hybridized carbons (Fsp3) is 0.269. The lowest BCUT2D eigenvalue weighted by molar-refractivity contribution is -0.153. The quantitative estimate of drug-likeness (QED) is 0.493. The van der Waals surface area contributed by atoms with Crippen molar-refractivity contribution in [1.29, 1.82) is 0 Å². The molecule has 0 N–H and O–H groups in total. The summed E-state index contributed by atoms with van der Waals surface area (Å²) in [7, 11) is 5.61. The van der Waals surface area contributed by atoms with Gasteiger partial charge in [0.05, 0.1) is 7.11 Å². The van der Waals surface area contributed by atoms with Gasteiger partial charge in [-0.3, -0.25) is 4.79 Å². The third-order valence-corrected chi connectivity index (χ3v) is 5.44. The van der Waals surface area contributed by atoms with E-state index in [4.69, 9.17) is 9.47 Å². The zero-order valence-electron chi connectivity index (χ0n) is 18.0. The third-order valence-electron chi connectivity index (χ3n) is 5.44. The molecule has 0 fully saturated rings. The Kier molecular flexibility index (Phi) is 7.26. The van der Waals surface area contributed by atoms with Crippen molar-refractivity contribution in [2.45, 2.75) is 25.0 Å². The molecule has 0 saturated heterocycles. The van der Waals surface area contributed by atoms with Gasteiger partial charge in [0.2, 0.25) is 0 Å². The summed E-state index contributed by atoms with van der Waals surface area (Å²) in [6, 6.07) is 27.3. The molecule has 0 aliphatic heterocycles. The maximum Gasteiger partial charge on any atom is 0.318 e. The van der Waals surface area contributed by atoms with Gasteiger partial charge >= 0.3 is 5.97 Å². The molecule has 0 bridgehead atoms. The van der Waals surface area contributed by atoms with Crippen LogP contribution in [0.25, 0.3) is 0 Å². The molecule has 0 saturated carbocycles. The Balaban J connectivity index is 1.95. The highest BCUT2D eigenvalue weighted by Gasteiger charge is 2.31. The molecule has 156 valence electrons. The topological polar surface area (TPSA) is 38.8 Å². The van der Waals surface area contributed by atoms with E-state index in [1.54, 1.807) is 7.11 Å². The minimum Gasteiger partial charge on any atom is -0.497 e. The number of rotatable bonds is 8. The molecular formula is C26H29NO3. The lowest BCUT2D eigenvalue weighted by Gasteiger charge is -2.31. The van der Waals surface area contributed by atoms with Crippen molar-refractivity contribution in [3.05, 3.63) is 102 Å². The van der Waals surface area contributed by atoms with Crippen molar-refractivity contribution < 1.29 is 14.3 Å². The van der Waals surface area contributed by atoms with Crippen LogP contribution in [0.1, 0.15) is 35.6 Å². The Morgan fingerprint density at radius 2 is 1.27 bits per heavy atom. The monoisotopic (exact) mass is 403 g/mol. The van der Waals surface area contributed by atoms with Crippen LogP contribution >= 0.6 is 0 Å². The Bertz CT molecular complexity index is 884. The highest BCUT2D eigenvalue weighted by molar-refractivity contribution is 5.82. The highest BCUT2D eigenvalue weighted by Crippen LogP contribution is 2.32. The minimum atomic E-state index is -0.484. The Morgan fingerprint density at radius 1 is 0.767 bits per heavy atom. The number of methoxy groups -OCH3 is 1. The Hall–Kier alpha value is -3.11. The first-order valence-corrected chi connectivity index (χ1v) is 10.1. The molecular weight excluding hydrogens is 374 g/mol. The number of carbonyl (C=O) groups excluding carboxylic acids is 1. The van der Waals surface area contributed by atoms with Crippen LogP contribution in [0.4, 0.5) is 0 Å². The van der Waals surface area contributed by atoms with Gasteiger partial charge in [-0.05, 0) is 49.8 Å². The Labute approximate surface area is 179 Å². The van der Waals surface area contributed by atoms with Crippen LogP contribution < -0.4 is 4.74 Å². The smallest absolute Gasteiger partial charge is 0.318 e. The largest absolute Gasteiger partial charge is 0.497 e. The minimum absolute atomic E-state index is 0.00505. The molecule has 3 aromatic rings. The predicted molar refractivity (Wildman–Crippen MR) is 120 cm³/mol. The van der Waals surface area contributed by atoms with Gasteiger partial charge in [0.1, 0.15) is 17.8 Å². The summed E-state index contributed by atoms with van der Waals surface area (Å²) in [6.07, 6.45) is -0.409. The van der Waals surface area contributed by atoms with Crippen molar-refractivity contribution >= 4 is 5.97 Å². The maximum absolute atomic E-state index is 13.5. The number of ether oxygens (including phenoxy) is 2. The molecule has 2 atom stereocenters. The average molecular weight is 404 g/mol. The zero-order chi connectivity index (χ0) is 21.5. The second-order valence-corrected chi connectivity index (χ2v) is 7.59. The average Bonchev–Trinajstić information content (AvgIpc) is 2.78. The van der Waals surface area contributed by atoms with Crippen LogP contribution in [0.5, 0.6) is 5.75 Å². The number of carbonyl (C=O) groups is 1. The van der Waals surface area contributed by atoms with Crippen LogP contribution in [-0.2, 0) is 9.53 Å². The lowest BCUT2D eigenvalue weighted by Crippen LogP contribution is -2.35. The van der Waals surface area contributed by atoms with Crippen molar-refractivity contribution in [3.8, 4) is 5.75 Å². The molecule has 0 radical (unpaired) electrons. The van der Waals surface area contributed by atoms with Crippen LogP contribution in [0.15, 0.2) is 84.9 Å². The first-order valence-electron chi connectivity index (χ1n) is 10.1. The first kappa shape index (κ1) is 21.6. The van der Waals surface area contributed by atoms with E-state index in [-0.39, 0.29) is 12.0 Å². The molecule has 4 nitrogen and oxygen atoms in total. The molecule has 0 aromatic heterocycles. The van der Waals surface area contributed by atoms with Crippen molar-refractivity contribution in [1.82, 2.24) is 4.90 Å². The standard InChI is InChI=1S/C26H29NO3/c1-19(27(2)3)25(22-15-17-23(29-4)18-16-22)30-26(28)24(20-11-7-5-8-12-20)21-13-9-6-10-14-21/h5-19,24-25H,1-4H3/t19-,25+/m0/s1. The molecule has 0 aliphatic rings. The van der Waals surface area contributed by atoms with Gasteiger partial charge in [0.15, 0.2) is 0 Å². The third kappa shape index (κ3) is 5.08. The molecule has 4 heteroatoms. The summed E-state index contributed by atoms with van der Waals surface area (Å²) in [4.78, 5) is 15.6. The molecule has 3 aromatic carbocycles. The van der Waals surface area contributed by atoms with Crippen LogP contribution in [0.2, 0.25) is 0 Å². The van der Waals surface area contributed by atoms with Crippen molar-refractivity contribution in [3.63, 3.8) is 0 Å². The second kappa shape index (κ2) is 10.1. The molecule has 0 unspecified atom stereocenters. The van der Waals surface area contributed by atoms with E-state index in [1.807, 2.05) is 99.0 Å². The van der Waals surface area contributed by atoms with Crippen LogP contribution in [0.3, 0.4) is 0 Å². The summed E-state index contributed by atoms with van der Waals surface area (Å²) < 4.78 is 11.5. The molecule has 0 heterocycles. The lowest BCUT2D eigenvalue weighted by atomic mass is 9.91. The number of likely N-dealkylation sites (N-methyl/N-ethyl adjacent to an activating group) is 1. The normalized spacial score (nSPS) is 13.1. The van der Waals surface area contributed by atoms with E-state index in [1.165, 1.54) is 0 Å². The molecule has 0 amide bonds. The second-order valence-electron chi connectivity index (χ2n) is 7.59. The predicted octanol–water partition coefficient (Wildman–Crippen LogP) is 5.06. The zero-order valence-corrected chi connectivity index (χ0v) is 18.0. The van der Waals surface area contributed by atoms with Crippen molar-refractivity contribution in [2.24, 2.45) is 0 Å². The number of esters is 1. The number of hydrogen-bond acceptors (Lipinski definition) is 4. The Morgan fingerprint density at radius 3 is 1.70 bits per heavy atom. The maximum atomic E-state index is 13.5. The van der Waals surface area contributed by atoms with Gasteiger partial charge in [-0.1, -0.05) is 72.8 Å². The number of benzene rings is 3. The molecule has 3 rings (SSSR count).